The van der Waals surface area contributed by atoms with Gasteiger partial charge in [-0.15, -0.1) is 0 Å². The normalized spacial score (nSPS) is 19.5. The lowest BCUT2D eigenvalue weighted by molar-refractivity contribution is -0.138. The Morgan fingerprint density at radius 2 is 2.15 bits per heavy atom. The first-order valence-corrected chi connectivity index (χ1v) is 10.3. The molecule has 6 nitrogen and oxygen atoms in total. The Morgan fingerprint density at radius 1 is 1.36 bits per heavy atom. The average molecular weight is 460 g/mol. The van der Waals surface area contributed by atoms with Crippen LogP contribution in [0.25, 0.3) is 15.7 Å². The minimum Gasteiger partial charge on any atom is -0.439 e. The van der Waals surface area contributed by atoms with Crippen LogP contribution < -0.4 is 4.74 Å². The molecule has 0 bridgehead atoms. The van der Waals surface area contributed by atoms with Crippen molar-refractivity contribution in [2.75, 3.05) is 6.54 Å². The molecular formula is C23H20F4N4O2. The van der Waals surface area contributed by atoms with E-state index in [1.54, 1.807) is 31.3 Å². The number of rotatable bonds is 5. The smallest absolute Gasteiger partial charge is 0.417 e. The lowest BCUT2D eigenvalue weighted by Crippen LogP contribution is -2.38. The van der Waals surface area contributed by atoms with Gasteiger partial charge < -0.3 is 9.72 Å². The number of fused-ring (bicyclic) bond motifs is 1. The van der Waals surface area contributed by atoms with Crippen LogP contribution in [0.5, 0.6) is 11.6 Å². The van der Waals surface area contributed by atoms with Gasteiger partial charge in [0.05, 0.1) is 18.5 Å². The Bertz CT molecular complexity index is 1200. The molecule has 1 saturated heterocycles. The average Bonchev–Trinajstić information content (AvgIpc) is 3.35. The largest absolute Gasteiger partial charge is 0.439 e. The standard InChI is InChI=1S/C23H20F4N4O2/c1-13(22(32)31-12-16(24)8-20(31)28-2)7-14-10-29-19-5-4-17(9-18(14)19)33-21-6-3-15(11-30-21)23(25,26)27/h3-6,9-11,13,16,20,29H,7-8,12H2,1H3/t13-,16-,20-/m0/s1. The topological polar surface area (TPSA) is 62.6 Å². The number of ether oxygens (including phenoxy) is 1. The third kappa shape index (κ3) is 4.77. The monoisotopic (exact) mass is 460 g/mol. The van der Waals surface area contributed by atoms with Crippen molar-refractivity contribution in [3.05, 3.63) is 65.3 Å². The highest BCUT2D eigenvalue weighted by Gasteiger charge is 2.41. The molecule has 0 saturated carbocycles. The van der Waals surface area contributed by atoms with E-state index < -0.39 is 30.0 Å². The van der Waals surface area contributed by atoms with Crippen LogP contribution in [0.15, 0.2) is 42.7 Å². The first-order chi connectivity index (χ1) is 15.7. The second-order valence-electron chi connectivity index (χ2n) is 8.04. The lowest BCUT2D eigenvalue weighted by Gasteiger charge is -2.20. The number of aromatic amines is 1. The van der Waals surface area contributed by atoms with Crippen LogP contribution in [-0.4, -0.2) is 39.7 Å². The van der Waals surface area contributed by atoms with Gasteiger partial charge in [-0.25, -0.2) is 15.9 Å². The van der Waals surface area contributed by atoms with Crippen LogP contribution >= 0.6 is 0 Å². The number of H-pyrrole nitrogens is 1. The molecule has 33 heavy (non-hydrogen) atoms. The SMILES string of the molecule is [C-]#[N+][C@@H]1C[C@H](F)CN1C(=O)[C@@H](C)Cc1c[nH]c2ccc(Oc3ccc(C(F)(F)F)cn3)cc12. The highest BCUT2D eigenvalue weighted by atomic mass is 19.4. The van der Waals surface area contributed by atoms with E-state index in [1.165, 1.54) is 4.90 Å². The number of halogens is 4. The zero-order chi connectivity index (χ0) is 23.8. The highest BCUT2D eigenvalue weighted by molar-refractivity contribution is 5.86. The van der Waals surface area contributed by atoms with Crippen molar-refractivity contribution < 1.29 is 27.1 Å². The maximum Gasteiger partial charge on any atom is 0.417 e. The molecule has 10 heteroatoms. The number of nitrogens with zero attached hydrogens (tertiary/aromatic N) is 3. The number of aromatic nitrogens is 2. The number of hydrogen-bond donors (Lipinski definition) is 1. The van der Waals surface area contributed by atoms with Gasteiger partial charge >= 0.3 is 12.3 Å². The molecule has 1 aromatic carbocycles. The van der Waals surface area contributed by atoms with Crippen LogP contribution in [-0.2, 0) is 17.4 Å². The van der Waals surface area contributed by atoms with E-state index in [0.29, 0.717) is 18.4 Å². The van der Waals surface area contributed by atoms with Gasteiger partial charge in [0, 0.05) is 35.3 Å². The Morgan fingerprint density at radius 3 is 2.82 bits per heavy atom. The fraction of sp³-hybridized carbons (Fsp3) is 0.348. The van der Waals surface area contributed by atoms with Crippen molar-refractivity contribution in [2.45, 2.75) is 38.3 Å². The summed E-state index contributed by atoms with van der Waals surface area (Å²) < 4.78 is 57.4. The third-order valence-electron chi connectivity index (χ3n) is 5.63. The molecule has 1 aliphatic rings. The summed E-state index contributed by atoms with van der Waals surface area (Å²) >= 11 is 0. The summed E-state index contributed by atoms with van der Waals surface area (Å²) in [4.78, 5) is 24.3. The van der Waals surface area contributed by atoms with E-state index in [2.05, 4.69) is 14.8 Å². The molecule has 1 fully saturated rings. The van der Waals surface area contributed by atoms with Crippen molar-refractivity contribution in [3.63, 3.8) is 0 Å². The quantitative estimate of drug-likeness (QED) is 0.412. The summed E-state index contributed by atoms with van der Waals surface area (Å²) in [7, 11) is 0. The maximum atomic E-state index is 13.7. The highest BCUT2D eigenvalue weighted by Crippen LogP contribution is 2.32. The van der Waals surface area contributed by atoms with Crippen LogP contribution in [0.1, 0.15) is 24.5 Å². The molecule has 1 N–H and O–H groups in total. The fourth-order valence-electron chi connectivity index (χ4n) is 3.94. The van der Waals surface area contributed by atoms with E-state index in [4.69, 9.17) is 11.3 Å². The summed E-state index contributed by atoms with van der Waals surface area (Å²) in [6, 6.07) is 7.17. The van der Waals surface area contributed by atoms with E-state index in [9.17, 15) is 22.4 Å². The molecule has 0 radical (unpaired) electrons. The molecule has 3 heterocycles. The summed E-state index contributed by atoms with van der Waals surface area (Å²) in [6.45, 7) is 8.87. The van der Waals surface area contributed by atoms with Crippen LogP contribution in [0, 0.1) is 12.5 Å². The van der Waals surface area contributed by atoms with E-state index in [1.807, 2.05) is 0 Å². The zero-order valence-electron chi connectivity index (χ0n) is 17.6. The predicted molar refractivity (Wildman–Crippen MR) is 112 cm³/mol. The van der Waals surface area contributed by atoms with Crippen LogP contribution in [0.2, 0.25) is 0 Å². The minimum atomic E-state index is -4.48. The number of carbonyl (C=O) groups excluding carboxylic acids is 1. The molecule has 0 aliphatic carbocycles. The lowest BCUT2D eigenvalue weighted by atomic mass is 9.99. The van der Waals surface area contributed by atoms with Gasteiger partial charge in [0.1, 0.15) is 11.9 Å². The van der Waals surface area contributed by atoms with Gasteiger partial charge in [-0.1, -0.05) is 6.92 Å². The van der Waals surface area contributed by atoms with Gasteiger partial charge in [0.25, 0.3) is 0 Å². The number of alkyl halides is 4. The molecule has 4 rings (SSSR count). The van der Waals surface area contributed by atoms with Gasteiger partial charge in [0.2, 0.25) is 11.8 Å². The number of benzene rings is 1. The minimum absolute atomic E-state index is 0.0166. The molecule has 172 valence electrons. The second-order valence-corrected chi connectivity index (χ2v) is 8.04. The van der Waals surface area contributed by atoms with Crippen molar-refractivity contribution in [3.8, 4) is 11.6 Å². The molecule has 1 amide bonds. The van der Waals surface area contributed by atoms with Gasteiger partial charge in [-0.3, -0.25) is 14.5 Å². The van der Waals surface area contributed by atoms with Crippen molar-refractivity contribution in [2.24, 2.45) is 5.92 Å². The molecule has 0 spiro atoms. The Hall–Kier alpha value is -3.61. The molecule has 3 aromatic rings. The summed E-state index contributed by atoms with van der Waals surface area (Å²) in [6.07, 6.45) is -3.57. The van der Waals surface area contributed by atoms with Gasteiger partial charge in [-0.05, 0) is 36.2 Å². The predicted octanol–water partition coefficient (Wildman–Crippen LogP) is 5.37. The number of nitrogens with one attached hydrogen (secondary N) is 1. The van der Waals surface area contributed by atoms with Crippen LogP contribution in [0.3, 0.4) is 0 Å². The summed E-state index contributed by atoms with van der Waals surface area (Å²) in [5.41, 5.74) is 0.753. The number of carbonyl (C=O) groups is 1. The van der Waals surface area contributed by atoms with E-state index >= 15 is 0 Å². The van der Waals surface area contributed by atoms with Crippen LogP contribution in [0.4, 0.5) is 17.6 Å². The number of hydrogen-bond acceptors (Lipinski definition) is 3. The first kappa shape index (κ1) is 22.6. The molecule has 1 aliphatic heterocycles. The fourth-order valence-corrected chi connectivity index (χ4v) is 3.94. The van der Waals surface area contributed by atoms with Gasteiger partial charge in [-0.2, -0.15) is 13.2 Å². The Kier molecular flexibility index (Phi) is 5.97. The van der Waals surface area contributed by atoms with Crippen molar-refractivity contribution >= 4 is 16.8 Å². The maximum absolute atomic E-state index is 13.7. The summed E-state index contributed by atoms with van der Waals surface area (Å²) in [5, 5.41) is 0.783. The molecular weight excluding hydrogens is 440 g/mol. The molecule has 0 unspecified atom stereocenters. The van der Waals surface area contributed by atoms with E-state index in [-0.39, 0.29) is 24.8 Å². The number of amides is 1. The van der Waals surface area contributed by atoms with E-state index in [0.717, 1.165) is 28.6 Å². The third-order valence-corrected chi connectivity index (χ3v) is 5.63. The zero-order valence-corrected chi connectivity index (χ0v) is 17.6. The molecule has 2 aromatic heterocycles. The summed E-state index contributed by atoms with van der Waals surface area (Å²) in [5.74, 6) is -0.350. The Labute approximate surface area is 187 Å². The van der Waals surface area contributed by atoms with Crippen molar-refractivity contribution in [1.29, 1.82) is 0 Å². The second kappa shape index (κ2) is 8.73. The first-order valence-electron chi connectivity index (χ1n) is 10.3. The van der Waals surface area contributed by atoms with Crippen molar-refractivity contribution in [1.82, 2.24) is 14.9 Å². The number of pyridine rings is 1. The van der Waals surface area contributed by atoms with Gasteiger partial charge in [0.15, 0.2) is 0 Å². The number of likely N-dealkylation sites (tertiary alicyclic amines) is 1. The Balaban J connectivity index is 1.50. The molecule has 3 atom stereocenters.